The van der Waals surface area contributed by atoms with Crippen LogP contribution < -0.4 is 11.1 Å². The van der Waals surface area contributed by atoms with Crippen LogP contribution in [0.1, 0.15) is 62.5 Å². The second-order valence-electron chi connectivity index (χ2n) is 7.78. The topological polar surface area (TPSA) is 38.0 Å². The van der Waals surface area contributed by atoms with Crippen LogP contribution in [0.2, 0.25) is 0 Å². The molecule has 0 aliphatic heterocycles. The molecule has 0 bridgehead atoms. The first-order chi connectivity index (χ1) is 12.8. The predicted molar refractivity (Wildman–Crippen MR) is 111 cm³/mol. The average molecular weight is 351 g/mol. The zero-order valence-corrected chi connectivity index (χ0v) is 16.0. The van der Waals surface area contributed by atoms with E-state index in [9.17, 15) is 0 Å². The number of benzene rings is 2. The predicted octanol–water partition coefficient (Wildman–Crippen LogP) is 5.02. The summed E-state index contributed by atoms with van der Waals surface area (Å²) in [6, 6.07) is 22.5. The molecule has 3 N–H and O–H groups in total. The van der Waals surface area contributed by atoms with Crippen LogP contribution in [0.25, 0.3) is 0 Å². The van der Waals surface area contributed by atoms with Crippen LogP contribution in [0.15, 0.2) is 60.7 Å². The van der Waals surface area contributed by atoms with Crippen LogP contribution in [-0.2, 0) is 5.41 Å². The summed E-state index contributed by atoms with van der Waals surface area (Å²) >= 11 is 0. The number of rotatable bonds is 7. The van der Waals surface area contributed by atoms with Crippen molar-refractivity contribution in [2.45, 2.75) is 62.8 Å². The van der Waals surface area contributed by atoms with E-state index in [2.05, 4.69) is 66.0 Å². The number of nitrogens with one attached hydrogen (secondary N) is 1. The van der Waals surface area contributed by atoms with E-state index < -0.39 is 0 Å². The lowest BCUT2D eigenvalue weighted by Gasteiger charge is -2.37. The van der Waals surface area contributed by atoms with Gasteiger partial charge >= 0.3 is 0 Å². The first kappa shape index (κ1) is 19.1. The molecule has 2 aromatic carbocycles. The minimum absolute atomic E-state index is 0.0559. The number of hydrogen-bond donors (Lipinski definition) is 2. The van der Waals surface area contributed by atoms with Crippen LogP contribution in [0.3, 0.4) is 0 Å². The van der Waals surface area contributed by atoms with Gasteiger partial charge in [0.2, 0.25) is 0 Å². The first-order valence-electron chi connectivity index (χ1n) is 10.4. The standard InChI is InChI=1S/C24H34N2/c25-19-18-24(21-12-6-4-7-13-21,22-14-8-5-9-15-22)20-26-23-16-10-2-1-3-11-17-23/h4-9,12-15,23,26H,1-3,10-11,16-20,25H2. The van der Waals surface area contributed by atoms with Gasteiger partial charge in [-0.15, -0.1) is 0 Å². The Kier molecular flexibility index (Phi) is 7.28. The molecule has 0 amide bonds. The molecular weight excluding hydrogens is 316 g/mol. The van der Waals surface area contributed by atoms with Crippen molar-refractivity contribution in [3.63, 3.8) is 0 Å². The van der Waals surface area contributed by atoms with Gasteiger partial charge in [-0.2, -0.15) is 0 Å². The van der Waals surface area contributed by atoms with Crippen molar-refractivity contribution in [2.75, 3.05) is 13.1 Å². The van der Waals surface area contributed by atoms with E-state index in [4.69, 9.17) is 5.73 Å². The largest absolute Gasteiger partial charge is 0.330 e. The molecule has 0 atom stereocenters. The van der Waals surface area contributed by atoms with Gasteiger partial charge in [0.25, 0.3) is 0 Å². The van der Waals surface area contributed by atoms with E-state index in [1.165, 1.54) is 56.1 Å². The first-order valence-corrected chi connectivity index (χ1v) is 10.4. The van der Waals surface area contributed by atoms with E-state index in [-0.39, 0.29) is 5.41 Å². The van der Waals surface area contributed by atoms with Gasteiger partial charge in [0.15, 0.2) is 0 Å². The van der Waals surface area contributed by atoms with Crippen LogP contribution in [0, 0.1) is 0 Å². The second kappa shape index (κ2) is 9.89. The molecule has 1 aliphatic rings. The Bertz CT molecular complexity index is 576. The summed E-state index contributed by atoms with van der Waals surface area (Å²) in [5.41, 5.74) is 8.80. The summed E-state index contributed by atoms with van der Waals surface area (Å²) in [6.07, 6.45) is 10.5. The van der Waals surface area contributed by atoms with E-state index in [0.717, 1.165) is 13.0 Å². The summed E-state index contributed by atoms with van der Waals surface area (Å²) in [5, 5.41) is 3.96. The third-order valence-corrected chi connectivity index (χ3v) is 6.02. The van der Waals surface area contributed by atoms with E-state index >= 15 is 0 Å². The second-order valence-corrected chi connectivity index (χ2v) is 7.78. The quantitative estimate of drug-likeness (QED) is 0.735. The highest BCUT2D eigenvalue weighted by Gasteiger charge is 2.33. The van der Waals surface area contributed by atoms with Crippen molar-refractivity contribution in [3.05, 3.63) is 71.8 Å². The van der Waals surface area contributed by atoms with Gasteiger partial charge in [-0.1, -0.05) is 92.8 Å². The summed E-state index contributed by atoms with van der Waals surface area (Å²) < 4.78 is 0. The molecule has 2 nitrogen and oxygen atoms in total. The Balaban J connectivity index is 1.86. The third-order valence-electron chi connectivity index (χ3n) is 6.02. The fourth-order valence-corrected chi connectivity index (χ4v) is 4.49. The maximum Gasteiger partial charge on any atom is 0.0339 e. The highest BCUT2D eigenvalue weighted by Crippen LogP contribution is 2.35. The molecule has 1 aliphatic carbocycles. The van der Waals surface area contributed by atoms with E-state index in [1.807, 2.05) is 0 Å². The average Bonchev–Trinajstić information content (AvgIpc) is 2.67. The third kappa shape index (κ3) is 4.75. The molecule has 2 heteroatoms. The molecule has 0 unspecified atom stereocenters. The molecule has 2 aromatic rings. The van der Waals surface area contributed by atoms with E-state index in [1.54, 1.807) is 0 Å². The number of hydrogen-bond acceptors (Lipinski definition) is 2. The molecular formula is C24H34N2. The maximum absolute atomic E-state index is 6.12. The molecule has 0 spiro atoms. The summed E-state index contributed by atoms with van der Waals surface area (Å²) in [4.78, 5) is 0. The van der Waals surface area contributed by atoms with Crippen molar-refractivity contribution < 1.29 is 0 Å². The molecule has 3 rings (SSSR count). The molecule has 0 aromatic heterocycles. The van der Waals surface area contributed by atoms with Gasteiger partial charge in [-0.3, -0.25) is 0 Å². The Morgan fingerprint density at radius 1 is 0.769 bits per heavy atom. The molecule has 1 saturated carbocycles. The summed E-state index contributed by atoms with van der Waals surface area (Å²) in [7, 11) is 0. The van der Waals surface area contributed by atoms with Crippen molar-refractivity contribution in [1.82, 2.24) is 5.32 Å². The number of nitrogens with two attached hydrogens (primary N) is 1. The molecule has 0 radical (unpaired) electrons. The SMILES string of the molecule is NCCC(CNC1CCCCCCC1)(c1ccccc1)c1ccccc1. The molecule has 26 heavy (non-hydrogen) atoms. The van der Waals surface area contributed by atoms with Crippen LogP contribution >= 0.6 is 0 Å². The van der Waals surface area contributed by atoms with Gasteiger partial charge in [0.05, 0.1) is 0 Å². The van der Waals surface area contributed by atoms with E-state index in [0.29, 0.717) is 12.6 Å². The Labute approximate surface area is 159 Å². The Hall–Kier alpha value is -1.64. The lowest BCUT2D eigenvalue weighted by molar-refractivity contribution is 0.347. The zero-order chi connectivity index (χ0) is 18.1. The lowest BCUT2D eigenvalue weighted by Crippen LogP contribution is -2.44. The van der Waals surface area contributed by atoms with Gasteiger partial charge in [-0.05, 0) is 36.9 Å². The lowest BCUT2D eigenvalue weighted by atomic mass is 9.71. The van der Waals surface area contributed by atoms with Crippen molar-refractivity contribution in [1.29, 1.82) is 0 Å². The Morgan fingerprint density at radius 3 is 1.77 bits per heavy atom. The molecule has 0 heterocycles. The normalized spacial score (nSPS) is 16.8. The minimum atomic E-state index is -0.0559. The molecule has 1 fully saturated rings. The smallest absolute Gasteiger partial charge is 0.0339 e. The summed E-state index contributed by atoms with van der Waals surface area (Å²) in [5.74, 6) is 0. The van der Waals surface area contributed by atoms with Crippen LogP contribution in [-0.4, -0.2) is 19.1 Å². The van der Waals surface area contributed by atoms with Crippen LogP contribution in [0.4, 0.5) is 0 Å². The van der Waals surface area contributed by atoms with Gasteiger partial charge in [0.1, 0.15) is 0 Å². The Morgan fingerprint density at radius 2 is 1.27 bits per heavy atom. The van der Waals surface area contributed by atoms with Gasteiger partial charge in [0, 0.05) is 18.0 Å². The fraction of sp³-hybridized carbons (Fsp3) is 0.500. The zero-order valence-electron chi connectivity index (χ0n) is 16.0. The monoisotopic (exact) mass is 350 g/mol. The summed E-state index contributed by atoms with van der Waals surface area (Å²) in [6.45, 7) is 1.65. The van der Waals surface area contributed by atoms with Gasteiger partial charge < -0.3 is 11.1 Å². The van der Waals surface area contributed by atoms with Gasteiger partial charge in [-0.25, -0.2) is 0 Å². The highest BCUT2D eigenvalue weighted by molar-refractivity contribution is 5.40. The van der Waals surface area contributed by atoms with Crippen molar-refractivity contribution in [2.24, 2.45) is 5.73 Å². The van der Waals surface area contributed by atoms with Crippen molar-refractivity contribution >= 4 is 0 Å². The van der Waals surface area contributed by atoms with Crippen molar-refractivity contribution in [3.8, 4) is 0 Å². The minimum Gasteiger partial charge on any atom is -0.330 e. The molecule has 0 saturated heterocycles. The van der Waals surface area contributed by atoms with Crippen LogP contribution in [0.5, 0.6) is 0 Å². The highest BCUT2D eigenvalue weighted by atomic mass is 14.9. The fourth-order valence-electron chi connectivity index (χ4n) is 4.49. The maximum atomic E-state index is 6.12. The molecule has 140 valence electrons.